The van der Waals surface area contributed by atoms with E-state index in [4.69, 9.17) is 9.47 Å². The molecule has 1 amide bonds. The zero-order valence-electron chi connectivity index (χ0n) is 26.2. The number of aromatic amines is 1. The predicted molar refractivity (Wildman–Crippen MR) is 179 cm³/mol. The fraction of sp³-hybridized carbons (Fsp3) is 0.485. The number of likely N-dealkylation sites (tertiary alicyclic amines) is 1. The van der Waals surface area contributed by atoms with Gasteiger partial charge >= 0.3 is 4.87 Å². The van der Waals surface area contributed by atoms with Crippen molar-refractivity contribution in [3.05, 3.63) is 73.3 Å². The molecule has 2 aromatic heterocycles. The van der Waals surface area contributed by atoms with Crippen LogP contribution in [0.25, 0.3) is 10.2 Å². The summed E-state index contributed by atoms with van der Waals surface area (Å²) in [6.07, 6.45) is 0.935. The van der Waals surface area contributed by atoms with Gasteiger partial charge in [-0.05, 0) is 36.6 Å². The number of thiazole rings is 2. The van der Waals surface area contributed by atoms with Gasteiger partial charge in [-0.1, -0.05) is 43.4 Å². The zero-order chi connectivity index (χ0) is 32.3. The van der Waals surface area contributed by atoms with Crippen molar-refractivity contribution in [3.8, 4) is 11.5 Å². The fourth-order valence-electron chi connectivity index (χ4n) is 6.08. The van der Waals surface area contributed by atoms with Crippen LogP contribution in [-0.4, -0.2) is 94.0 Å². The topological polar surface area (TPSA) is 140 Å². The molecule has 2 aliphatic rings. The molecule has 0 bridgehead atoms. The Morgan fingerprint density at radius 3 is 2.70 bits per heavy atom. The number of nitrogens with one attached hydrogen (secondary N) is 2. The molecular formula is C33H41N5O6S2. The molecule has 13 heteroatoms. The average Bonchev–Trinajstić information content (AvgIpc) is 3.71. The number of morpholine rings is 1. The van der Waals surface area contributed by atoms with Crippen molar-refractivity contribution in [3.63, 3.8) is 0 Å². The van der Waals surface area contributed by atoms with Gasteiger partial charge in [-0.2, -0.15) is 0 Å². The summed E-state index contributed by atoms with van der Waals surface area (Å²) in [5.41, 5.74) is 2.27. The minimum absolute atomic E-state index is 0.00745. The van der Waals surface area contributed by atoms with Gasteiger partial charge in [-0.25, -0.2) is 4.98 Å². The number of hydrogen-bond donors (Lipinski definition) is 4. The number of piperidine rings is 1. The summed E-state index contributed by atoms with van der Waals surface area (Å²) in [4.78, 5) is 36.1. The molecule has 46 heavy (non-hydrogen) atoms. The summed E-state index contributed by atoms with van der Waals surface area (Å²) in [7, 11) is 0. The van der Waals surface area contributed by atoms with Crippen molar-refractivity contribution in [2.45, 2.75) is 50.9 Å². The van der Waals surface area contributed by atoms with Crippen molar-refractivity contribution in [2.24, 2.45) is 0 Å². The molecule has 2 aliphatic heterocycles. The Morgan fingerprint density at radius 2 is 1.96 bits per heavy atom. The maximum atomic E-state index is 13.2. The second-order valence-electron chi connectivity index (χ2n) is 12.4. The molecule has 6 rings (SSSR count). The second-order valence-corrected chi connectivity index (χ2v) is 14.2. The van der Waals surface area contributed by atoms with Gasteiger partial charge in [0.05, 0.1) is 34.6 Å². The Balaban J connectivity index is 0.909. The van der Waals surface area contributed by atoms with E-state index in [9.17, 15) is 19.8 Å². The van der Waals surface area contributed by atoms with Crippen LogP contribution in [0.4, 0.5) is 0 Å². The van der Waals surface area contributed by atoms with Gasteiger partial charge in [0.2, 0.25) is 0 Å². The highest BCUT2D eigenvalue weighted by Gasteiger charge is 2.41. The standard InChI is InChI=1S/C33H41N5O6S2/c1-21(2)30-35-25(19-45-30)31(41)38-14-16-44-33(20-38)9-11-37(12-10-33)13-15-43-23-5-3-22(4-6-23)17-34-18-27(40)24-7-8-26(39)28-29(24)46-32(42)36-28/h3-8,19,21,27,34,39-40H,9-18,20H2,1-2H3,(H,36,42)/t27-/m0/s1. The Labute approximate surface area is 275 Å². The highest BCUT2D eigenvalue weighted by molar-refractivity contribution is 7.16. The van der Waals surface area contributed by atoms with Crippen LogP contribution in [0.1, 0.15) is 65.3 Å². The number of phenolic OH excluding ortho intramolecular Hbond substituents is 1. The van der Waals surface area contributed by atoms with Gasteiger partial charge in [0, 0.05) is 56.1 Å². The lowest BCUT2D eigenvalue weighted by Crippen LogP contribution is -2.58. The van der Waals surface area contributed by atoms with Crippen LogP contribution in [0.15, 0.2) is 46.6 Å². The van der Waals surface area contributed by atoms with Gasteiger partial charge < -0.3 is 34.9 Å². The second kappa shape index (κ2) is 14.2. The Kier molecular flexibility index (Phi) is 10.1. The number of fused-ring (bicyclic) bond motifs is 1. The lowest BCUT2D eigenvalue weighted by atomic mass is 9.89. The first-order chi connectivity index (χ1) is 22.2. The number of aliphatic hydroxyl groups excluding tert-OH is 1. The maximum Gasteiger partial charge on any atom is 0.305 e. The number of benzene rings is 2. The Bertz CT molecular complexity index is 1690. The number of carbonyl (C=O) groups excluding carboxylic acids is 1. The monoisotopic (exact) mass is 667 g/mol. The number of ether oxygens (including phenoxy) is 2. The first-order valence-electron chi connectivity index (χ1n) is 15.8. The van der Waals surface area contributed by atoms with E-state index in [0.717, 1.165) is 60.1 Å². The lowest BCUT2D eigenvalue weighted by Gasteiger charge is -2.47. The Hall–Kier alpha value is -3.33. The molecule has 2 fully saturated rings. The van der Waals surface area contributed by atoms with Gasteiger partial charge in [0.25, 0.3) is 5.91 Å². The summed E-state index contributed by atoms with van der Waals surface area (Å²) in [6, 6.07) is 11.0. The molecule has 0 aliphatic carbocycles. The van der Waals surface area contributed by atoms with Crippen LogP contribution < -0.4 is 14.9 Å². The van der Waals surface area contributed by atoms with E-state index in [0.29, 0.717) is 66.8 Å². The van der Waals surface area contributed by atoms with Crippen molar-refractivity contribution in [2.75, 3.05) is 52.5 Å². The third-order valence-corrected chi connectivity index (χ3v) is 10.8. The van der Waals surface area contributed by atoms with E-state index in [2.05, 4.69) is 34.0 Å². The number of aliphatic hydroxyl groups is 1. The van der Waals surface area contributed by atoms with Crippen LogP contribution in [0.2, 0.25) is 0 Å². The zero-order valence-corrected chi connectivity index (χ0v) is 27.8. The van der Waals surface area contributed by atoms with Crippen molar-refractivity contribution >= 4 is 38.8 Å². The van der Waals surface area contributed by atoms with Crippen molar-refractivity contribution in [1.29, 1.82) is 0 Å². The number of rotatable bonds is 11. The fourth-order valence-corrected chi connectivity index (χ4v) is 7.81. The van der Waals surface area contributed by atoms with Gasteiger partial charge in [-0.15, -0.1) is 11.3 Å². The minimum Gasteiger partial charge on any atom is -0.506 e. The first-order valence-corrected chi connectivity index (χ1v) is 17.5. The third kappa shape index (κ3) is 7.45. The van der Waals surface area contributed by atoms with E-state index in [1.165, 1.54) is 6.07 Å². The number of H-pyrrole nitrogens is 1. The van der Waals surface area contributed by atoms with Crippen LogP contribution in [0, 0.1) is 0 Å². The van der Waals surface area contributed by atoms with E-state index < -0.39 is 6.10 Å². The van der Waals surface area contributed by atoms with Crippen LogP contribution in [0.3, 0.4) is 0 Å². The average molecular weight is 668 g/mol. The predicted octanol–water partition coefficient (Wildman–Crippen LogP) is 4.08. The highest BCUT2D eigenvalue weighted by Crippen LogP contribution is 2.32. The molecule has 2 aromatic carbocycles. The molecule has 1 atom stereocenters. The summed E-state index contributed by atoms with van der Waals surface area (Å²) in [6.45, 7) is 10.0. The summed E-state index contributed by atoms with van der Waals surface area (Å²) in [5, 5.41) is 26.8. The third-order valence-electron chi connectivity index (χ3n) is 8.75. The van der Waals surface area contributed by atoms with Gasteiger partial charge in [0.1, 0.15) is 29.3 Å². The Morgan fingerprint density at radius 1 is 1.17 bits per heavy atom. The van der Waals surface area contributed by atoms with Crippen molar-refractivity contribution in [1.82, 2.24) is 25.1 Å². The van der Waals surface area contributed by atoms with Crippen LogP contribution in [-0.2, 0) is 11.3 Å². The number of phenols is 1. The number of nitrogens with zero attached hydrogens (tertiary/aromatic N) is 3. The molecule has 0 radical (unpaired) electrons. The summed E-state index contributed by atoms with van der Waals surface area (Å²) in [5.74, 6) is 1.12. The quantitative estimate of drug-likeness (QED) is 0.186. The van der Waals surface area contributed by atoms with Crippen LogP contribution in [0.5, 0.6) is 11.5 Å². The number of aromatic nitrogens is 2. The van der Waals surface area contributed by atoms with E-state index in [-0.39, 0.29) is 22.1 Å². The molecule has 11 nitrogen and oxygen atoms in total. The number of hydrogen-bond acceptors (Lipinski definition) is 11. The number of amides is 1. The molecule has 1 spiro atoms. The summed E-state index contributed by atoms with van der Waals surface area (Å²) >= 11 is 2.53. The maximum absolute atomic E-state index is 13.2. The van der Waals surface area contributed by atoms with E-state index in [1.807, 2.05) is 34.5 Å². The van der Waals surface area contributed by atoms with E-state index >= 15 is 0 Å². The van der Waals surface area contributed by atoms with Crippen molar-refractivity contribution < 1.29 is 24.5 Å². The minimum atomic E-state index is -0.825. The molecule has 2 saturated heterocycles. The molecular weight excluding hydrogens is 627 g/mol. The highest BCUT2D eigenvalue weighted by atomic mass is 32.1. The van der Waals surface area contributed by atoms with Gasteiger partial charge in [0.15, 0.2) is 0 Å². The molecule has 0 unspecified atom stereocenters. The normalized spacial score (nSPS) is 17.6. The van der Waals surface area contributed by atoms with E-state index in [1.54, 1.807) is 17.4 Å². The molecule has 0 saturated carbocycles. The molecule has 246 valence electrons. The largest absolute Gasteiger partial charge is 0.506 e. The smallest absolute Gasteiger partial charge is 0.305 e. The van der Waals surface area contributed by atoms with Crippen LogP contribution >= 0.6 is 22.7 Å². The number of carbonyl (C=O) groups is 1. The summed E-state index contributed by atoms with van der Waals surface area (Å²) < 4.78 is 12.9. The molecule has 4 heterocycles. The van der Waals surface area contributed by atoms with Gasteiger partial charge in [-0.3, -0.25) is 14.5 Å². The first kappa shape index (κ1) is 32.6. The molecule has 4 N–H and O–H groups in total. The molecule has 4 aromatic rings. The number of aromatic hydroxyl groups is 1. The SMILES string of the molecule is CC(C)c1nc(C(=O)N2CCOC3(CCN(CCOc4ccc(CNC[C@H](O)c5ccc(O)c6[nH]c(=O)sc56)cc4)CC3)C2)cs1. The lowest BCUT2D eigenvalue weighted by molar-refractivity contribution is -0.127.